The highest BCUT2D eigenvalue weighted by Crippen LogP contribution is 2.25. The number of thioether (sulfide) groups is 1. The van der Waals surface area contributed by atoms with E-state index in [9.17, 15) is 9.59 Å². The summed E-state index contributed by atoms with van der Waals surface area (Å²) in [6, 6.07) is 8.01. The molecule has 1 N–H and O–H groups in total. The number of Topliss-reactive ketones (excluding diaryl/α,β-unsaturated/α-hetero) is 1. The summed E-state index contributed by atoms with van der Waals surface area (Å²) in [6.07, 6.45) is 2.33. The van der Waals surface area contributed by atoms with Gasteiger partial charge in [-0.15, -0.1) is 11.8 Å². The van der Waals surface area contributed by atoms with Crippen LogP contribution in [0, 0.1) is 6.92 Å². The van der Waals surface area contributed by atoms with Gasteiger partial charge in [-0.3, -0.25) is 9.59 Å². The maximum Gasteiger partial charge on any atom is 0.219 e. The third-order valence-corrected chi connectivity index (χ3v) is 4.25. The van der Waals surface area contributed by atoms with E-state index < -0.39 is 0 Å². The molecule has 112 valence electrons. The summed E-state index contributed by atoms with van der Waals surface area (Å²) in [7, 11) is 0. The first kappa shape index (κ1) is 15.6. The maximum atomic E-state index is 12.2. The molecule has 1 amide bonds. The summed E-state index contributed by atoms with van der Waals surface area (Å²) in [5, 5.41) is 4.14. The van der Waals surface area contributed by atoms with Crippen molar-refractivity contribution in [3.63, 3.8) is 0 Å². The first-order chi connectivity index (χ1) is 10.0. The predicted molar refractivity (Wildman–Crippen MR) is 87.2 cm³/mol. The minimum absolute atomic E-state index is 0.0102. The molecule has 1 fully saturated rings. The molecule has 0 unspecified atom stereocenters. The van der Waals surface area contributed by atoms with Gasteiger partial charge in [-0.05, 0) is 30.9 Å². The van der Waals surface area contributed by atoms with Crippen molar-refractivity contribution in [1.82, 2.24) is 4.90 Å². The average Bonchev–Trinajstić information content (AvgIpc) is 2.45. The molecule has 2 rings (SSSR count). The van der Waals surface area contributed by atoms with E-state index in [4.69, 9.17) is 0 Å². The largest absolute Gasteiger partial charge is 0.350 e. The van der Waals surface area contributed by atoms with Crippen LogP contribution in [0.3, 0.4) is 0 Å². The second kappa shape index (κ2) is 6.80. The monoisotopic (exact) mass is 304 g/mol. The molecule has 1 saturated heterocycles. The van der Waals surface area contributed by atoms with Gasteiger partial charge in [0.2, 0.25) is 5.91 Å². The lowest BCUT2D eigenvalue weighted by molar-refractivity contribution is -0.130. The fraction of sp³-hybridized carbons (Fsp3) is 0.375. The number of piperidine rings is 1. The van der Waals surface area contributed by atoms with Crippen molar-refractivity contribution in [2.75, 3.05) is 24.7 Å². The molecular weight excluding hydrogens is 284 g/mol. The van der Waals surface area contributed by atoms with E-state index in [-0.39, 0.29) is 11.7 Å². The summed E-state index contributed by atoms with van der Waals surface area (Å²) in [4.78, 5) is 25.4. The molecule has 1 aromatic rings. The molecule has 1 aliphatic heterocycles. The molecular formula is C16H20N2O2S. The quantitative estimate of drug-likeness (QED) is 0.872. The van der Waals surface area contributed by atoms with Crippen LogP contribution in [0.25, 0.3) is 0 Å². The van der Waals surface area contributed by atoms with Gasteiger partial charge < -0.3 is 10.2 Å². The van der Waals surface area contributed by atoms with Crippen molar-refractivity contribution in [1.29, 1.82) is 0 Å². The topological polar surface area (TPSA) is 49.4 Å². The van der Waals surface area contributed by atoms with Gasteiger partial charge in [-0.25, -0.2) is 0 Å². The third-order valence-electron chi connectivity index (χ3n) is 3.49. The Kier molecular flexibility index (Phi) is 5.07. The highest BCUT2D eigenvalue weighted by Gasteiger charge is 2.25. The normalized spacial score (nSPS) is 17.7. The number of likely N-dealkylation sites (tertiary alicyclic amines) is 1. The molecule has 4 nitrogen and oxygen atoms in total. The maximum absolute atomic E-state index is 12.2. The van der Waals surface area contributed by atoms with Crippen LogP contribution in [0.5, 0.6) is 0 Å². The van der Waals surface area contributed by atoms with E-state index in [1.807, 2.05) is 37.4 Å². The minimum atomic E-state index is 0.0102. The van der Waals surface area contributed by atoms with Gasteiger partial charge in [-0.1, -0.05) is 12.1 Å². The molecule has 1 aliphatic rings. The number of hydrogen-bond acceptors (Lipinski definition) is 4. The summed E-state index contributed by atoms with van der Waals surface area (Å²) in [5.41, 5.74) is 2.82. The fourth-order valence-corrected chi connectivity index (χ4v) is 2.96. The van der Waals surface area contributed by atoms with E-state index in [1.165, 1.54) is 11.8 Å². The molecule has 0 aliphatic carbocycles. The van der Waals surface area contributed by atoms with Crippen LogP contribution in [-0.2, 0) is 9.59 Å². The van der Waals surface area contributed by atoms with Crippen molar-refractivity contribution in [3.05, 3.63) is 40.4 Å². The Morgan fingerprint density at radius 1 is 1.38 bits per heavy atom. The van der Waals surface area contributed by atoms with Crippen molar-refractivity contribution < 1.29 is 9.59 Å². The number of amides is 1. The second-order valence-electron chi connectivity index (χ2n) is 5.12. The standard InChI is InChI=1S/C16H20N2O2S/c1-11-5-4-6-13(9-11)17-16(21-3)14-10-18(12(2)19)8-7-15(14)20/h4-6,9,17H,7-8,10H2,1-3H3/b16-14-. The van der Waals surface area contributed by atoms with Crippen LogP contribution in [0.15, 0.2) is 34.9 Å². The number of carbonyl (C=O) groups excluding carboxylic acids is 2. The number of hydrogen-bond donors (Lipinski definition) is 1. The second-order valence-corrected chi connectivity index (χ2v) is 5.94. The van der Waals surface area contributed by atoms with Gasteiger partial charge in [0.05, 0.1) is 11.6 Å². The number of aryl methyl sites for hydroxylation is 1. The zero-order valence-electron chi connectivity index (χ0n) is 12.6. The van der Waals surface area contributed by atoms with Gasteiger partial charge in [-0.2, -0.15) is 0 Å². The fourth-order valence-electron chi connectivity index (χ4n) is 2.32. The van der Waals surface area contributed by atoms with Crippen molar-refractivity contribution >= 4 is 29.1 Å². The molecule has 0 atom stereocenters. The zero-order valence-corrected chi connectivity index (χ0v) is 13.4. The number of rotatable bonds is 3. The smallest absolute Gasteiger partial charge is 0.219 e. The molecule has 1 heterocycles. The molecule has 21 heavy (non-hydrogen) atoms. The van der Waals surface area contributed by atoms with Crippen LogP contribution in [0.4, 0.5) is 5.69 Å². The van der Waals surface area contributed by atoms with Crippen molar-refractivity contribution in [3.8, 4) is 0 Å². The van der Waals surface area contributed by atoms with E-state index in [1.54, 1.807) is 11.8 Å². The lowest BCUT2D eigenvalue weighted by Crippen LogP contribution is -2.39. The average molecular weight is 304 g/mol. The van der Waals surface area contributed by atoms with Crippen LogP contribution in [0.1, 0.15) is 18.9 Å². The molecule has 0 spiro atoms. The van der Waals surface area contributed by atoms with Crippen LogP contribution in [-0.4, -0.2) is 35.9 Å². The van der Waals surface area contributed by atoms with Gasteiger partial charge in [0, 0.05) is 31.1 Å². The third kappa shape index (κ3) is 3.88. The minimum Gasteiger partial charge on any atom is -0.350 e. The number of nitrogens with zero attached hydrogens (tertiary/aromatic N) is 1. The Morgan fingerprint density at radius 3 is 2.76 bits per heavy atom. The highest BCUT2D eigenvalue weighted by molar-refractivity contribution is 8.02. The van der Waals surface area contributed by atoms with Crippen LogP contribution in [0.2, 0.25) is 0 Å². The summed E-state index contributed by atoms with van der Waals surface area (Å²) >= 11 is 1.50. The number of ketones is 1. The zero-order chi connectivity index (χ0) is 15.4. The van der Waals surface area contributed by atoms with E-state index in [0.29, 0.717) is 25.1 Å². The Bertz CT molecular complexity index is 596. The van der Waals surface area contributed by atoms with Crippen LogP contribution < -0.4 is 5.32 Å². The lowest BCUT2D eigenvalue weighted by Gasteiger charge is -2.28. The van der Waals surface area contributed by atoms with Gasteiger partial charge in [0.15, 0.2) is 5.78 Å². The number of anilines is 1. The molecule has 5 heteroatoms. The summed E-state index contributed by atoms with van der Waals surface area (Å²) < 4.78 is 0. The van der Waals surface area contributed by atoms with Crippen LogP contribution >= 0.6 is 11.8 Å². The number of nitrogens with one attached hydrogen (secondary N) is 1. The summed E-state index contributed by atoms with van der Waals surface area (Å²) in [5.74, 6) is 0.132. The lowest BCUT2D eigenvalue weighted by atomic mass is 10.0. The van der Waals surface area contributed by atoms with Crippen molar-refractivity contribution in [2.24, 2.45) is 0 Å². The van der Waals surface area contributed by atoms with E-state index in [0.717, 1.165) is 16.3 Å². The molecule has 0 radical (unpaired) electrons. The van der Waals surface area contributed by atoms with Gasteiger partial charge in [0.1, 0.15) is 0 Å². The first-order valence-electron chi connectivity index (χ1n) is 6.91. The Labute approximate surface area is 129 Å². The van der Waals surface area contributed by atoms with Gasteiger partial charge in [0.25, 0.3) is 0 Å². The predicted octanol–water partition coefficient (Wildman–Crippen LogP) is 2.80. The molecule has 0 aromatic heterocycles. The number of benzene rings is 1. The molecule has 1 aromatic carbocycles. The van der Waals surface area contributed by atoms with Crippen molar-refractivity contribution in [2.45, 2.75) is 20.3 Å². The Balaban J connectivity index is 2.27. The summed E-state index contributed by atoms with van der Waals surface area (Å²) in [6.45, 7) is 4.48. The van der Waals surface area contributed by atoms with E-state index >= 15 is 0 Å². The highest BCUT2D eigenvalue weighted by atomic mass is 32.2. The van der Waals surface area contributed by atoms with Gasteiger partial charge >= 0.3 is 0 Å². The molecule has 0 bridgehead atoms. The Morgan fingerprint density at radius 2 is 2.14 bits per heavy atom. The molecule has 0 saturated carbocycles. The Hall–Kier alpha value is -1.75. The van der Waals surface area contributed by atoms with E-state index in [2.05, 4.69) is 5.32 Å². The first-order valence-corrected chi connectivity index (χ1v) is 8.13. The number of carbonyl (C=O) groups is 2. The SMILES string of the molecule is CS/C(Nc1cccc(C)c1)=C1/CN(C(C)=O)CCC1=O.